The van der Waals surface area contributed by atoms with Crippen molar-refractivity contribution in [1.29, 1.82) is 0 Å². The van der Waals surface area contributed by atoms with E-state index in [1.807, 2.05) is 0 Å². The molecule has 3 unspecified atom stereocenters. The van der Waals surface area contributed by atoms with Crippen LogP contribution in [0.25, 0.3) is 0 Å². The van der Waals surface area contributed by atoms with Gasteiger partial charge in [-0.2, -0.15) is 0 Å². The third kappa shape index (κ3) is 1.91. The third-order valence-electron chi connectivity index (χ3n) is 3.18. The van der Waals surface area contributed by atoms with Gasteiger partial charge < -0.3 is 0 Å². The highest BCUT2D eigenvalue weighted by Crippen LogP contribution is 2.50. The maximum absolute atomic E-state index is 2.50. The maximum atomic E-state index is 2.50. The molecule has 0 radical (unpaired) electrons. The quantitative estimate of drug-likeness (QED) is 0.558. The highest BCUT2D eigenvalue weighted by Gasteiger charge is 2.41. The zero-order chi connectivity index (χ0) is 9.30. The Morgan fingerprint density at radius 2 is 1.92 bits per heavy atom. The second-order valence-electron chi connectivity index (χ2n) is 4.61. The fourth-order valence-corrected chi connectivity index (χ4v) is 2.12. The van der Waals surface area contributed by atoms with Crippen molar-refractivity contribution in [2.24, 2.45) is 23.7 Å². The molecule has 0 N–H and O–H groups in total. The lowest BCUT2D eigenvalue weighted by Gasteiger charge is -2.00. The summed E-state index contributed by atoms with van der Waals surface area (Å²) < 4.78 is 0. The van der Waals surface area contributed by atoms with Crippen molar-refractivity contribution in [3.05, 3.63) is 11.6 Å². The molecule has 1 rings (SSSR count). The van der Waals surface area contributed by atoms with Gasteiger partial charge in [-0.3, -0.25) is 0 Å². The minimum Gasteiger partial charge on any atom is -0.0819 e. The van der Waals surface area contributed by atoms with E-state index in [2.05, 4.69) is 40.7 Å². The van der Waals surface area contributed by atoms with Crippen LogP contribution in [0.15, 0.2) is 11.6 Å². The van der Waals surface area contributed by atoms with E-state index < -0.39 is 0 Å². The molecule has 1 aliphatic carbocycles. The minimum absolute atomic E-state index is 0.784. The monoisotopic (exact) mass is 166 g/mol. The Morgan fingerprint density at radius 3 is 2.25 bits per heavy atom. The van der Waals surface area contributed by atoms with Gasteiger partial charge in [0.15, 0.2) is 0 Å². The van der Waals surface area contributed by atoms with Crippen molar-refractivity contribution >= 4 is 0 Å². The van der Waals surface area contributed by atoms with Crippen LogP contribution in [0.2, 0.25) is 0 Å². The SMILES string of the molecule is CCC(C)C=C1C(C)C1C(C)C. The van der Waals surface area contributed by atoms with Crippen LogP contribution in [0, 0.1) is 23.7 Å². The molecule has 0 aromatic heterocycles. The van der Waals surface area contributed by atoms with E-state index >= 15 is 0 Å². The third-order valence-corrected chi connectivity index (χ3v) is 3.18. The highest BCUT2D eigenvalue weighted by atomic mass is 14.5. The van der Waals surface area contributed by atoms with Gasteiger partial charge in [-0.05, 0) is 23.7 Å². The zero-order valence-corrected chi connectivity index (χ0v) is 9.09. The van der Waals surface area contributed by atoms with E-state index in [0.717, 1.165) is 23.7 Å². The molecule has 0 heterocycles. The molecular weight excluding hydrogens is 144 g/mol. The lowest BCUT2D eigenvalue weighted by Crippen LogP contribution is -1.90. The molecule has 1 fully saturated rings. The van der Waals surface area contributed by atoms with Crippen molar-refractivity contribution < 1.29 is 0 Å². The van der Waals surface area contributed by atoms with Crippen molar-refractivity contribution in [3.8, 4) is 0 Å². The first kappa shape index (κ1) is 9.83. The molecule has 1 aliphatic rings. The summed E-state index contributed by atoms with van der Waals surface area (Å²) in [7, 11) is 0. The number of allylic oxidation sites excluding steroid dienone is 2. The van der Waals surface area contributed by atoms with Crippen molar-refractivity contribution in [2.75, 3.05) is 0 Å². The smallest absolute Gasteiger partial charge is 0.0114 e. The normalized spacial score (nSPS) is 34.3. The highest BCUT2D eigenvalue weighted by molar-refractivity contribution is 5.29. The van der Waals surface area contributed by atoms with E-state index in [-0.39, 0.29) is 0 Å². The van der Waals surface area contributed by atoms with E-state index in [0.29, 0.717) is 0 Å². The van der Waals surface area contributed by atoms with Gasteiger partial charge in [-0.1, -0.05) is 52.7 Å². The standard InChI is InChI=1S/C12H22/c1-6-9(4)7-11-10(5)12(11)8(2)3/h7-10,12H,6H2,1-5H3. The fourth-order valence-electron chi connectivity index (χ4n) is 2.12. The Kier molecular flexibility index (Phi) is 2.98. The minimum atomic E-state index is 0.784. The first-order valence-electron chi connectivity index (χ1n) is 5.29. The van der Waals surface area contributed by atoms with E-state index in [1.165, 1.54) is 6.42 Å². The van der Waals surface area contributed by atoms with Gasteiger partial charge in [0, 0.05) is 0 Å². The first-order chi connectivity index (χ1) is 5.57. The average Bonchev–Trinajstić information content (AvgIpc) is 2.61. The molecule has 0 amide bonds. The van der Waals surface area contributed by atoms with Crippen LogP contribution in [0.4, 0.5) is 0 Å². The number of hydrogen-bond acceptors (Lipinski definition) is 0. The predicted molar refractivity (Wildman–Crippen MR) is 55.0 cm³/mol. The van der Waals surface area contributed by atoms with Gasteiger partial charge >= 0.3 is 0 Å². The molecule has 0 aliphatic heterocycles. The first-order valence-corrected chi connectivity index (χ1v) is 5.29. The van der Waals surface area contributed by atoms with Gasteiger partial charge in [-0.25, -0.2) is 0 Å². The summed E-state index contributed by atoms with van der Waals surface area (Å²) in [6, 6.07) is 0. The molecule has 0 aromatic rings. The van der Waals surface area contributed by atoms with Gasteiger partial charge in [0.1, 0.15) is 0 Å². The summed E-state index contributed by atoms with van der Waals surface area (Å²) in [5.41, 5.74) is 1.72. The second-order valence-corrected chi connectivity index (χ2v) is 4.61. The Balaban J connectivity index is 2.52. The molecule has 0 nitrogen and oxygen atoms in total. The van der Waals surface area contributed by atoms with Gasteiger partial charge in [0.2, 0.25) is 0 Å². The van der Waals surface area contributed by atoms with Crippen molar-refractivity contribution in [1.82, 2.24) is 0 Å². The molecule has 1 saturated carbocycles. The average molecular weight is 166 g/mol. The largest absolute Gasteiger partial charge is 0.0819 e. The molecule has 3 atom stereocenters. The molecule has 0 heteroatoms. The Hall–Kier alpha value is -0.260. The van der Waals surface area contributed by atoms with E-state index in [9.17, 15) is 0 Å². The molecule has 0 bridgehead atoms. The van der Waals surface area contributed by atoms with E-state index in [4.69, 9.17) is 0 Å². The fraction of sp³-hybridized carbons (Fsp3) is 0.833. The topological polar surface area (TPSA) is 0 Å². The molecule has 0 aromatic carbocycles. The lowest BCUT2D eigenvalue weighted by molar-refractivity contribution is 0.537. The predicted octanol–water partition coefficient (Wildman–Crippen LogP) is 3.88. The maximum Gasteiger partial charge on any atom is -0.0114 e. The van der Waals surface area contributed by atoms with E-state index in [1.54, 1.807) is 5.57 Å². The van der Waals surface area contributed by atoms with Crippen molar-refractivity contribution in [2.45, 2.75) is 41.0 Å². The molecule has 0 saturated heterocycles. The van der Waals surface area contributed by atoms with Crippen LogP contribution >= 0.6 is 0 Å². The number of rotatable bonds is 3. The Labute approximate surface area is 77.1 Å². The van der Waals surface area contributed by atoms with Crippen molar-refractivity contribution in [3.63, 3.8) is 0 Å². The van der Waals surface area contributed by atoms with Crippen LogP contribution in [0.1, 0.15) is 41.0 Å². The number of hydrogen-bond donors (Lipinski definition) is 0. The Bertz CT molecular complexity index is 176. The summed E-state index contributed by atoms with van der Waals surface area (Å²) in [6.45, 7) is 11.6. The molecular formula is C12H22. The zero-order valence-electron chi connectivity index (χ0n) is 9.09. The summed E-state index contributed by atoms with van der Waals surface area (Å²) in [5.74, 6) is 3.40. The second kappa shape index (κ2) is 3.64. The molecule has 12 heavy (non-hydrogen) atoms. The van der Waals surface area contributed by atoms with Gasteiger partial charge in [0.25, 0.3) is 0 Å². The van der Waals surface area contributed by atoms with Crippen LogP contribution in [0.5, 0.6) is 0 Å². The summed E-state index contributed by atoms with van der Waals surface area (Å²) in [4.78, 5) is 0. The van der Waals surface area contributed by atoms with Crippen LogP contribution in [-0.4, -0.2) is 0 Å². The molecule has 0 spiro atoms. The van der Waals surface area contributed by atoms with Gasteiger partial charge in [0.05, 0.1) is 0 Å². The van der Waals surface area contributed by atoms with Crippen LogP contribution in [0.3, 0.4) is 0 Å². The summed E-state index contributed by atoms with van der Waals surface area (Å²) in [6.07, 6.45) is 3.77. The Morgan fingerprint density at radius 1 is 1.33 bits per heavy atom. The van der Waals surface area contributed by atoms with Crippen LogP contribution < -0.4 is 0 Å². The van der Waals surface area contributed by atoms with Crippen LogP contribution in [-0.2, 0) is 0 Å². The lowest BCUT2D eigenvalue weighted by atomic mass is 10.1. The molecule has 70 valence electrons. The van der Waals surface area contributed by atoms with Gasteiger partial charge in [-0.15, -0.1) is 0 Å². The summed E-state index contributed by atoms with van der Waals surface area (Å²) in [5, 5.41) is 0. The summed E-state index contributed by atoms with van der Waals surface area (Å²) >= 11 is 0.